The first-order valence-electron chi connectivity index (χ1n) is 6.25. The van der Waals surface area contributed by atoms with Crippen LogP contribution in [0.15, 0.2) is 0 Å². The molecule has 2 heterocycles. The van der Waals surface area contributed by atoms with Crippen molar-refractivity contribution in [3.63, 3.8) is 0 Å². The molecule has 0 aromatic rings. The summed E-state index contributed by atoms with van der Waals surface area (Å²) in [5.41, 5.74) is 0. The summed E-state index contributed by atoms with van der Waals surface area (Å²) in [6, 6.07) is 0.320. The number of hydrogen-bond acceptors (Lipinski definition) is 3. The predicted molar refractivity (Wildman–Crippen MR) is 62.2 cm³/mol. The molecule has 0 bridgehead atoms. The Hall–Kier alpha value is -0.610. The lowest BCUT2D eigenvalue weighted by Crippen LogP contribution is -2.51. The van der Waals surface area contributed by atoms with Crippen LogP contribution in [-0.2, 0) is 9.53 Å². The predicted octanol–water partition coefficient (Wildman–Crippen LogP) is 0.620. The second-order valence-electron chi connectivity index (χ2n) is 5.14. The van der Waals surface area contributed by atoms with E-state index in [1.165, 1.54) is 0 Å². The highest BCUT2D eigenvalue weighted by molar-refractivity contribution is 5.80. The number of ether oxygens (including phenoxy) is 1. The maximum absolute atomic E-state index is 12.3. The molecular weight excluding hydrogens is 204 g/mol. The third-order valence-electron chi connectivity index (χ3n) is 3.57. The number of morpholine rings is 1. The lowest BCUT2D eigenvalue weighted by Gasteiger charge is -2.37. The van der Waals surface area contributed by atoms with Gasteiger partial charge in [0.2, 0.25) is 5.91 Å². The molecule has 2 rings (SSSR count). The number of carbonyl (C=O) groups is 1. The standard InChI is InChI=1S/C12H22N2O2/c1-8-6-14(7-9(2)16-8)12(15)11-4-5-13-10(11)3/h8-11,13H,4-7H2,1-3H3/t8-,9+,10?,11?. The number of nitrogens with one attached hydrogen (secondary N) is 1. The van der Waals surface area contributed by atoms with Crippen LogP contribution in [0.3, 0.4) is 0 Å². The van der Waals surface area contributed by atoms with Crippen molar-refractivity contribution in [1.82, 2.24) is 10.2 Å². The van der Waals surface area contributed by atoms with Crippen molar-refractivity contribution in [3.05, 3.63) is 0 Å². The van der Waals surface area contributed by atoms with E-state index < -0.39 is 0 Å². The van der Waals surface area contributed by atoms with Gasteiger partial charge in [0.25, 0.3) is 0 Å². The van der Waals surface area contributed by atoms with Gasteiger partial charge in [-0.15, -0.1) is 0 Å². The van der Waals surface area contributed by atoms with Crippen molar-refractivity contribution in [2.45, 2.75) is 45.4 Å². The fourth-order valence-corrected chi connectivity index (χ4v) is 2.79. The van der Waals surface area contributed by atoms with E-state index in [9.17, 15) is 4.79 Å². The van der Waals surface area contributed by atoms with Gasteiger partial charge < -0.3 is 15.0 Å². The topological polar surface area (TPSA) is 41.6 Å². The Labute approximate surface area is 97.3 Å². The Morgan fingerprint density at radius 2 is 1.88 bits per heavy atom. The van der Waals surface area contributed by atoms with Crippen molar-refractivity contribution in [1.29, 1.82) is 0 Å². The lowest BCUT2D eigenvalue weighted by molar-refractivity contribution is -0.147. The first kappa shape index (κ1) is 11.9. The zero-order valence-corrected chi connectivity index (χ0v) is 10.4. The zero-order chi connectivity index (χ0) is 11.7. The fourth-order valence-electron chi connectivity index (χ4n) is 2.79. The number of rotatable bonds is 1. The molecule has 2 aliphatic heterocycles. The zero-order valence-electron chi connectivity index (χ0n) is 10.4. The van der Waals surface area contributed by atoms with E-state index in [0.717, 1.165) is 26.1 Å². The Morgan fingerprint density at radius 3 is 2.38 bits per heavy atom. The summed E-state index contributed by atoms with van der Waals surface area (Å²) in [4.78, 5) is 14.3. The average molecular weight is 226 g/mol. The number of carbonyl (C=O) groups excluding carboxylic acids is 1. The van der Waals surface area contributed by atoms with Crippen LogP contribution in [0.2, 0.25) is 0 Å². The SMILES string of the molecule is CC1NCCC1C(=O)N1C[C@@H](C)O[C@@H](C)C1. The number of nitrogens with zero attached hydrogens (tertiary/aromatic N) is 1. The van der Waals surface area contributed by atoms with Crippen LogP contribution >= 0.6 is 0 Å². The molecule has 1 N–H and O–H groups in total. The molecule has 2 saturated heterocycles. The molecule has 0 aromatic carbocycles. The van der Waals surface area contributed by atoms with Gasteiger partial charge in [0.05, 0.1) is 18.1 Å². The summed E-state index contributed by atoms with van der Waals surface area (Å²) < 4.78 is 5.65. The number of hydrogen-bond donors (Lipinski definition) is 1. The summed E-state index contributed by atoms with van der Waals surface area (Å²) in [7, 11) is 0. The van der Waals surface area contributed by atoms with Crippen molar-refractivity contribution in [2.24, 2.45) is 5.92 Å². The molecule has 0 saturated carbocycles. The molecule has 2 fully saturated rings. The Kier molecular flexibility index (Phi) is 3.50. The smallest absolute Gasteiger partial charge is 0.227 e. The highest BCUT2D eigenvalue weighted by Gasteiger charge is 2.35. The molecule has 16 heavy (non-hydrogen) atoms. The molecule has 2 aliphatic rings. The third-order valence-corrected chi connectivity index (χ3v) is 3.57. The lowest BCUT2D eigenvalue weighted by atomic mass is 9.99. The van der Waals surface area contributed by atoms with Crippen molar-refractivity contribution in [3.8, 4) is 0 Å². The van der Waals surface area contributed by atoms with Crippen LogP contribution in [0.5, 0.6) is 0 Å². The summed E-state index contributed by atoms with van der Waals surface area (Å²) in [5, 5.41) is 3.33. The van der Waals surface area contributed by atoms with Gasteiger partial charge in [-0.25, -0.2) is 0 Å². The number of amides is 1. The molecule has 0 spiro atoms. The molecule has 2 unspecified atom stereocenters. The molecule has 0 aromatic heterocycles. The molecule has 1 amide bonds. The maximum atomic E-state index is 12.3. The Bertz CT molecular complexity index is 260. The van der Waals surface area contributed by atoms with E-state index in [4.69, 9.17) is 4.74 Å². The minimum atomic E-state index is 0.164. The third kappa shape index (κ3) is 2.38. The van der Waals surface area contributed by atoms with Gasteiger partial charge in [-0.2, -0.15) is 0 Å². The Balaban J connectivity index is 1.98. The molecule has 0 radical (unpaired) electrons. The van der Waals surface area contributed by atoms with E-state index >= 15 is 0 Å². The van der Waals surface area contributed by atoms with E-state index in [-0.39, 0.29) is 18.1 Å². The first-order valence-corrected chi connectivity index (χ1v) is 6.25. The van der Waals surface area contributed by atoms with Crippen LogP contribution in [0.25, 0.3) is 0 Å². The summed E-state index contributed by atoms with van der Waals surface area (Å²) in [5.74, 6) is 0.469. The molecule has 4 heteroatoms. The minimum absolute atomic E-state index is 0.164. The molecule has 4 atom stereocenters. The maximum Gasteiger partial charge on any atom is 0.227 e. The van der Waals surface area contributed by atoms with Crippen LogP contribution in [-0.4, -0.2) is 48.7 Å². The second-order valence-corrected chi connectivity index (χ2v) is 5.14. The summed E-state index contributed by atoms with van der Waals surface area (Å²) in [6.45, 7) is 8.62. The van der Waals surface area contributed by atoms with Crippen molar-refractivity contribution < 1.29 is 9.53 Å². The van der Waals surface area contributed by atoms with Crippen LogP contribution in [0, 0.1) is 5.92 Å². The van der Waals surface area contributed by atoms with E-state index in [1.807, 2.05) is 18.7 Å². The van der Waals surface area contributed by atoms with Crippen molar-refractivity contribution >= 4 is 5.91 Å². The van der Waals surface area contributed by atoms with Gasteiger partial charge in [0.1, 0.15) is 0 Å². The first-order chi connectivity index (χ1) is 7.58. The van der Waals surface area contributed by atoms with Crippen molar-refractivity contribution in [2.75, 3.05) is 19.6 Å². The van der Waals surface area contributed by atoms with Gasteiger partial charge in [-0.1, -0.05) is 0 Å². The highest BCUT2D eigenvalue weighted by Crippen LogP contribution is 2.21. The second kappa shape index (κ2) is 4.72. The summed E-state index contributed by atoms with van der Waals surface area (Å²) >= 11 is 0. The average Bonchev–Trinajstić information content (AvgIpc) is 2.62. The van der Waals surface area contributed by atoms with Gasteiger partial charge in [-0.3, -0.25) is 4.79 Å². The van der Waals surface area contributed by atoms with Crippen LogP contribution in [0.1, 0.15) is 27.2 Å². The van der Waals surface area contributed by atoms with E-state index in [2.05, 4.69) is 12.2 Å². The van der Waals surface area contributed by atoms with Gasteiger partial charge in [0.15, 0.2) is 0 Å². The fraction of sp³-hybridized carbons (Fsp3) is 0.917. The quantitative estimate of drug-likeness (QED) is 0.712. The van der Waals surface area contributed by atoms with E-state index in [1.54, 1.807) is 0 Å². The van der Waals surface area contributed by atoms with Crippen LogP contribution in [0.4, 0.5) is 0 Å². The minimum Gasteiger partial charge on any atom is -0.372 e. The highest BCUT2D eigenvalue weighted by atomic mass is 16.5. The molecule has 0 aliphatic carbocycles. The van der Waals surface area contributed by atoms with Gasteiger partial charge in [-0.05, 0) is 33.7 Å². The van der Waals surface area contributed by atoms with Crippen LogP contribution < -0.4 is 5.32 Å². The normalized spacial score (nSPS) is 40.1. The Morgan fingerprint density at radius 1 is 1.25 bits per heavy atom. The molecular formula is C12H22N2O2. The van der Waals surface area contributed by atoms with Gasteiger partial charge >= 0.3 is 0 Å². The largest absolute Gasteiger partial charge is 0.372 e. The molecule has 92 valence electrons. The monoisotopic (exact) mass is 226 g/mol. The molecule has 4 nitrogen and oxygen atoms in total. The van der Waals surface area contributed by atoms with Gasteiger partial charge in [0, 0.05) is 19.1 Å². The van der Waals surface area contributed by atoms with E-state index in [0.29, 0.717) is 11.9 Å². The summed E-state index contributed by atoms with van der Waals surface area (Å²) in [6.07, 6.45) is 1.30.